The maximum absolute atomic E-state index is 5.24. The van der Waals surface area contributed by atoms with Crippen LogP contribution in [0.5, 0.6) is 0 Å². The van der Waals surface area contributed by atoms with Crippen LogP contribution < -0.4 is 5.32 Å². The quantitative estimate of drug-likeness (QED) is 0.571. The highest BCUT2D eigenvalue weighted by Gasteiger charge is 2.12. The summed E-state index contributed by atoms with van der Waals surface area (Å²) in [5.41, 5.74) is 0. The summed E-state index contributed by atoms with van der Waals surface area (Å²) in [6, 6.07) is 0.362. The van der Waals surface area contributed by atoms with Gasteiger partial charge in [-0.1, -0.05) is 12.8 Å². The van der Waals surface area contributed by atoms with E-state index in [2.05, 4.69) is 23.1 Å². The number of ether oxygens (including phenoxy) is 1. The van der Waals surface area contributed by atoms with Crippen LogP contribution in [0.25, 0.3) is 0 Å². The van der Waals surface area contributed by atoms with Gasteiger partial charge in [-0.15, -0.1) is 6.42 Å². The van der Waals surface area contributed by atoms with E-state index in [-0.39, 0.29) is 0 Å². The molecule has 0 heterocycles. The molecule has 76 valence electrons. The summed E-state index contributed by atoms with van der Waals surface area (Å²) in [5, 5.41) is 3.28. The first kappa shape index (κ1) is 12.4. The van der Waals surface area contributed by atoms with Crippen molar-refractivity contribution in [3.05, 3.63) is 0 Å². The summed E-state index contributed by atoms with van der Waals surface area (Å²) in [5.74, 6) is 2.63. The number of methoxy groups -OCH3 is 1. The van der Waals surface area contributed by atoms with E-state index >= 15 is 0 Å². The number of hydrogen-bond acceptors (Lipinski definition) is 3. The molecule has 0 aliphatic carbocycles. The molecule has 0 rings (SSSR count). The van der Waals surface area contributed by atoms with E-state index in [1.54, 1.807) is 7.11 Å². The Bertz CT molecular complexity index is 153. The predicted molar refractivity (Wildman–Crippen MR) is 55.7 cm³/mol. The fourth-order valence-corrected chi connectivity index (χ4v) is 1.12. The van der Waals surface area contributed by atoms with Crippen molar-refractivity contribution in [1.82, 2.24) is 10.2 Å². The minimum absolute atomic E-state index is 0.362. The highest BCUT2D eigenvalue weighted by atomic mass is 16.5. The van der Waals surface area contributed by atoms with E-state index in [0.29, 0.717) is 19.2 Å². The molecule has 0 aromatic carbocycles. The van der Waals surface area contributed by atoms with Gasteiger partial charge in [-0.25, -0.2) is 0 Å². The minimum Gasteiger partial charge on any atom is -0.383 e. The van der Waals surface area contributed by atoms with Crippen molar-refractivity contribution in [2.45, 2.75) is 13.0 Å². The lowest BCUT2D eigenvalue weighted by molar-refractivity contribution is 0.113. The lowest BCUT2D eigenvalue weighted by atomic mass is 10.2. The van der Waals surface area contributed by atoms with Crippen molar-refractivity contribution >= 4 is 0 Å². The third-order valence-electron chi connectivity index (χ3n) is 1.95. The van der Waals surface area contributed by atoms with Crippen LogP contribution in [-0.2, 0) is 4.74 Å². The molecule has 0 saturated carbocycles. The summed E-state index contributed by atoms with van der Waals surface area (Å²) in [6.07, 6.45) is 5.24. The molecular weight excluding hydrogens is 164 g/mol. The first-order valence-corrected chi connectivity index (χ1v) is 4.59. The second-order valence-corrected chi connectivity index (χ2v) is 3.04. The topological polar surface area (TPSA) is 24.5 Å². The second kappa shape index (κ2) is 8.06. The Morgan fingerprint density at radius 1 is 1.62 bits per heavy atom. The fourth-order valence-electron chi connectivity index (χ4n) is 1.12. The summed E-state index contributed by atoms with van der Waals surface area (Å²) in [4.78, 5) is 2.12. The number of terminal acetylenes is 1. The van der Waals surface area contributed by atoms with Gasteiger partial charge in [-0.2, -0.15) is 0 Å². The molecule has 0 radical (unpaired) electrons. The van der Waals surface area contributed by atoms with Crippen LogP contribution in [-0.4, -0.2) is 51.3 Å². The Hall–Kier alpha value is -0.560. The van der Waals surface area contributed by atoms with Gasteiger partial charge in [0, 0.05) is 19.7 Å². The molecule has 0 bridgehead atoms. The van der Waals surface area contributed by atoms with E-state index in [1.807, 2.05) is 7.05 Å². The number of likely N-dealkylation sites (N-methyl/N-ethyl adjacent to an activating group) is 2. The highest BCUT2D eigenvalue weighted by Crippen LogP contribution is 1.94. The third-order valence-corrected chi connectivity index (χ3v) is 1.95. The van der Waals surface area contributed by atoms with E-state index in [0.717, 1.165) is 13.1 Å². The maximum Gasteiger partial charge on any atom is 0.0630 e. The summed E-state index contributed by atoms with van der Waals surface area (Å²) < 4.78 is 5.12. The second-order valence-electron chi connectivity index (χ2n) is 3.04. The Balaban J connectivity index is 3.84. The highest BCUT2D eigenvalue weighted by molar-refractivity contribution is 4.89. The van der Waals surface area contributed by atoms with Crippen molar-refractivity contribution in [2.24, 2.45) is 0 Å². The zero-order valence-corrected chi connectivity index (χ0v) is 8.84. The molecule has 0 aliphatic heterocycles. The van der Waals surface area contributed by atoms with Gasteiger partial charge in [0.15, 0.2) is 0 Å². The largest absolute Gasteiger partial charge is 0.383 e. The van der Waals surface area contributed by atoms with Gasteiger partial charge in [0.2, 0.25) is 0 Å². The zero-order valence-electron chi connectivity index (χ0n) is 8.84. The van der Waals surface area contributed by atoms with Crippen LogP contribution in [0.2, 0.25) is 0 Å². The lowest BCUT2D eigenvalue weighted by Gasteiger charge is -2.25. The monoisotopic (exact) mass is 184 g/mol. The summed E-state index contributed by atoms with van der Waals surface area (Å²) in [6.45, 7) is 5.36. The number of nitrogens with zero attached hydrogens (tertiary/aromatic N) is 1. The molecule has 0 aliphatic rings. The van der Waals surface area contributed by atoms with Crippen LogP contribution in [0.4, 0.5) is 0 Å². The molecule has 0 aromatic rings. The lowest BCUT2D eigenvalue weighted by Crippen LogP contribution is -2.43. The fraction of sp³-hybridized carbons (Fsp3) is 0.800. The molecule has 0 spiro atoms. The molecule has 13 heavy (non-hydrogen) atoms. The van der Waals surface area contributed by atoms with Gasteiger partial charge < -0.3 is 10.1 Å². The molecule has 3 heteroatoms. The average molecular weight is 184 g/mol. The molecule has 1 unspecified atom stereocenters. The van der Waals surface area contributed by atoms with Crippen LogP contribution in [0, 0.1) is 12.3 Å². The Morgan fingerprint density at radius 3 is 2.77 bits per heavy atom. The normalized spacial score (nSPS) is 12.8. The van der Waals surface area contributed by atoms with Gasteiger partial charge in [0.25, 0.3) is 0 Å². The van der Waals surface area contributed by atoms with Crippen LogP contribution >= 0.6 is 0 Å². The van der Waals surface area contributed by atoms with Crippen molar-refractivity contribution < 1.29 is 4.74 Å². The van der Waals surface area contributed by atoms with Crippen molar-refractivity contribution in [3.63, 3.8) is 0 Å². The smallest absolute Gasteiger partial charge is 0.0630 e. The molecular formula is C10H20N2O. The zero-order chi connectivity index (χ0) is 10.1. The van der Waals surface area contributed by atoms with Crippen molar-refractivity contribution in [1.29, 1.82) is 0 Å². The first-order chi connectivity index (χ1) is 6.26. The van der Waals surface area contributed by atoms with Crippen LogP contribution in [0.3, 0.4) is 0 Å². The van der Waals surface area contributed by atoms with Gasteiger partial charge in [0.1, 0.15) is 0 Å². The van der Waals surface area contributed by atoms with E-state index in [1.165, 1.54) is 0 Å². The van der Waals surface area contributed by atoms with E-state index in [4.69, 9.17) is 11.2 Å². The van der Waals surface area contributed by atoms with E-state index in [9.17, 15) is 0 Å². The SMILES string of the molecule is C#CCN(C)C(CNCC)COC. The van der Waals surface area contributed by atoms with Gasteiger partial charge in [-0.05, 0) is 13.6 Å². The molecule has 0 aromatic heterocycles. The molecule has 1 N–H and O–H groups in total. The van der Waals surface area contributed by atoms with Gasteiger partial charge >= 0.3 is 0 Å². The van der Waals surface area contributed by atoms with E-state index < -0.39 is 0 Å². The first-order valence-electron chi connectivity index (χ1n) is 4.59. The Kier molecular flexibility index (Phi) is 7.71. The number of hydrogen-bond donors (Lipinski definition) is 1. The maximum atomic E-state index is 5.24. The minimum atomic E-state index is 0.362. The summed E-state index contributed by atoms with van der Waals surface area (Å²) >= 11 is 0. The van der Waals surface area contributed by atoms with Crippen LogP contribution in [0.15, 0.2) is 0 Å². The predicted octanol–water partition coefficient (Wildman–Crippen LogP) is 0.176. The molecule has 0 amide bonds. The van der Waals surface area contributed by atoms with Crippen LogP contribution in [0.1, 0.15) is 6.92 Å². The standard InChI is InChI=1S/C10H20N2O/c1-5-7-12(3)10(9-13-4)8-11-6-2/h1,10-11H,6-9H2,2-4H3. The number of rotatable bonds is 7. The molecule has 0 saturated heterocycles. The van der Waals surface area contributed by atoms with Crippen molar-refractivity contribution in [3.8, 4) is 12.3 Å². The average Bonchev–Trinajstić information content (AvgIpc) is 2.12. The molecule has 0 fully saturated rings. The molecule has 1 atom stereocenters. The Labute approximate surface area is 81.4 Å². The molecule has 3 nitrogen and oxygen atoms in total. The van der Waals surface area contributed by atoms with Gasteiger partial charge in [-0.3, -0.25) is 4.90 Å². The summed E-state index contributed by atoms with van der Waals surface area (Å²) in [7, 11) is 3.73. The Morgan fingerprint density at radius 2 is 2.31 bits per heavy atom. The third kappa shape index (κ3) is 5.64. The number of nitrogens with one attached hydrogen (secondary N) is 1. The van der Waals surface area contributed by atoms with Gasteiger partial charge in [0.05, 0.1) is 13.2 Å². The van der Waals surface area contributed by atoms with Crippen molar-refractivity contribution in [2.75, 3.05) is 40.4 Å².